The summed E-state index contributed by atoms with van der Waals surface area (Å²) in [7, 11) is -2.15. The van der Waals surface area contributed by atoms with Gasteiger partial charge >= 0.3 is 0 Å². The first-order valence-corrected chi connectivity index (χ1v) is 22.1. The molecule has 7 aromatic carbocycles. The van der Waals surface area contributed by atoms with Crippen LogP contribution in [-0.4, -0.2) is 22.2 Å². The summed E-state index contributed by atoms with van der Waals surface area (Å²) in [6.07, 6.45) is 3.94. The monoisotopic (exact) mass is 734 g/mol. The highest BCUT2D eigenvalue weighted by Gasteiger charge is 2.37. The molecule has 6 heteroatoms. The summed E-state index contributed by atoms with van der Waals surface area (Å²) in [6, 6.07) is 60.9. The second-order valence-corrected chi connectivity index (χ2v) is 19.7. The van der Waals surface area contributed by atoms with E-state index in [4.69, 9.17) is 9.72 Å². The first-order chi connectivity index (χ1) is 27.5. The summed E-state index contributed by atoms with van der Waals surface area (Å²) in [4.78, 5) is 5.46. The lowest BCUT2D eigenvalue weighted by molar-refractivity contribution is -0.571. The maximum atomic E-state index is 6.81. The number of hydrogen-bond donors (Lipinski definition) is 0. The number of benzene rings is 7. The standard InChI is InChI=1S/C50H34N4OSi/c1-56(2)46-28-26-34-30-45(46)53-31-52(43-22-12-23-47(56)50(43)53)49-35(32-13-4-3-5-14-32)18-10-19-40(49)36-15-6-7-16-37(36)41-20-11-24-48(51-41)54-42-21-9-8-17-38(42)39-27-25-33(55-34)29-44(39)54/h3-30H,1-2H3. The van der Waals surface area contributed by atoms with Crippen molar-refractivity contribution in [1.82, 2.24) is 14.1 Å². The van der Waals surface area contributed by atoms with Crippen molar-refractivity contribution in [3.63, 3.8) is 0 Å². The number of ether oxygens (including phenoxy) is 1. The molecule has 5 nitrogen and oxygen atoms in total. The van der Waals surface area contributed by atoms with Gasteiger partial charge in [0.1, 0.15) is 25.4 Å². The third-order valence-corrected chi connectivity index (χ3v) is 15.4. The lowest BCUT2D eigenvalue weighted by Gasteiger charge is -2.32. The molecule has 0 saturated heterocycles. The Labute approximate surface area is 325 Å². The molecule has 10 aromatic rings. The Hall–Kier alpha value is -7.02. The van der Waals surface area contributed by atoms with Crippen molar-refractivity contribution in [2.75, 3.05) is 0 Å². The minimum atomic E-state index is -2.15. The summed E-state index contributed by atoms with van der Waals surface area (Å²) in [5, 5.41) is 5.09. The average Bonchev–Trinajstić information content (AvgIpc) is 3.79. The van der Waals surface area contributed by atoms with E-state index in [1.54, 1.807) is 0 Å². The van der Waals surface area contributed by atoms with E-state index in [1.165, 1.54) is 21.3 Å². The van der Waals surface area contributed by atoms with Gasteiger partial charge in [-0.3, -0.25) is 13.7 Å². The minimum Gasteiger partial charge on any atom is -0.458 e. The largest absolute Gasteiger partial charge is 0.458 e. The Morgan fingerprint density at radius 2 is 1.29 bits per heavy atom. The highest BCUT2D eigenvalue weighted by molar-refractivity contribution is 7.02. The molecule has 0 fully saturated rings. The van der Waals surface area contributed by atoms with E-state index in [9.17, 15) is 0 Å². The first-order valence-electron chi connectivity index (χ1n) is 19.1. The maximum Gasteiger partial charge on any atom is 0.269 e. The fourth-order valence-corrected chi connectivity index (χ4v) is 12.3. The van der Waals surface area contributed by atoms with Gasteiger partial charge in [-0.15, -0.1) is 0 Å². The molecule has 2 aliphatic rings. The van der Waals surface area contributed by atoms with Gasteiger partial charge in [0.2, 0.25) is 0 Å². The second kappa shape index (κ2) is 11.5. The van der Waals surface area contributed by atoms with Crippen LogP contribution < -0.4 is 19.7 Å². The van der Waals surface area contributed by atoms with Crippen LogP contribution in [0.15, 0.2) is 170 Å². The number of hydrogen-bond acceptors (Lipinski definition) is 2. The zero-order valence-corrected chi connectivity index (χ0v) is 31.9. The molecule has 12 rings (SSSR count). The molecule has 0 atom stereocenters. The highest BCUT2D eigenvalue weighted by Crippen LogP contribution is 2.41. The van der Waals surface area contributed by atoms with Crippen LogP contribution in [0.2, 0.25) is 13.1 Å². The van der Waals surface area contributed by atoms with E-state index in [0.29, 0.717) is 0 Å². The van der Waals surface area contributed by atoms with Crippen LogP contribution in [0.5, 0.6) is 11.5 Å². The average molecular weight is 735 g/mol. The Bertz CT molecular complexity index is 3270. The summed E-state index contributed by atoms with van der Waals surface area (Å²) in [5.74, 6) is 2.41. The van der Waals surface area contributed by atoms with Gasteiger partial charge in [0.25, 0.3) is 6.33 Å². The summed E-state index contributed by atoms with van der Waals surface area (Å²) in [5.41, 5.74) is 13.1. The van der Waals surface area contributed by atoms with E-state index >= 15 is 0 Å². The number of pyridine rings is 1. The molecule has 0 saturated carbocycles. The molecule has 3 aromatic heterocycles. The van der Waals surface area contributed by atoms with Crippen molar-refractivity contribution in [2.24, 2.45) is 0 Å². The Morgan fingerprint density at radius 3 is 2.20 bits per heavy atom. The van der Waals surface area contributed by atoms with E-state index in [2.05, 4.69) is 203 Å². The van der Waals surface area contributed by atoms with Crippen LogP contribution in [0.3, 0.4) is 0 Å². The van der Waals surface area contributed by atoms with Crippen LogP contribution in [-0.2, 0) is 0 Å². The molecule has 0 N–H and O–H groups in total. The molecule has 56 heavy (non-hydrogen) atoms. The van der Waals surface area contributed by atoms with Gasteiger partial charge in [-0.25, -0.2) is 4.98 Å². The number of rotatable bonds is 1. The second-order valence-electron chi connectivity index (χ2n) is 15.4. The van der Waals surface area contributed by atoms with Gasteiger partial charge in [0, 0.05) is 22.4 Å². The fourth-order valence-electron chi connectivity index (χ4n) is 9.32. The quantitative estimate of drug-likeness (QED) is 0.0957. The summed E-state index contributed by atoms with van der Waals surface area (Å²) in [6.45, 7) is 4.93. The molecule has 8 bridgehead atoms. The van der Waals surface area contributed by atoms with Crippen molar-refractivity contribution >= 4 is 51.3 Å². The van der Waals surface area contributed by atoms with Crippen LogP contribution in [0.1, 0.15) is 0 Å². The van der Waals surface area contributed by atoms with Crippen LogP contribution >= 0.6 is 0 Å². The zero-order valence-electron chi connectivity index (χ0n) is 30.9. The molecule has 0 unspecified atom stereocenters. The Kier molecular flexibility index (Phi) is 6.43. The van der Waals surface area contributed by atoms with Gasteiger partial charge in [-0.1, -0.05) is 134 Å². The maximum absolute atomic E-state index is 6.81. The van der Waals surface area contributed by atoms with Gasteiger partial charge in [-0.05, 0) is 75.1 Å². The zero-order chi connectivity index (χ0) is 37.1. The summed E-state index contributed by atoms with van der Waals surface area (Å²) >= 11 is 0. The minimum absolute atomic E-state index is 0.773. The smallest absolute Gasteiger partial charge is 0.269 e. The molecule has 0 spiro atoms. The molecular formula is C50H34N4OSi. The van der Waals surface area contributed by atoms with Gasteiger partial charge < -0.3 is 4.74 Å². The number of aromatic nitrogens is 4. The van der Waals surface area contributed by atoms with Crippen LogP contribution in [0.4, 0.5) is 0 Å². The molecule has 0 aliphatic carbocycles. The third kappa shape index (κ3) is 4.36. The van der Waals surface area contributed by atoms with Crippen LogP contribution in [0.25, 0.3) is 83.5 Å². The number of fused-ring (bicyclic) bond motifs is 15. The fraction of sp³-hybridized carbons (Fsp3) is 0.0400. The highest BCUT2D eigenvalue weighted by atomic mass is 28.3. The predicted octanol–water partition coefficient (Wildman–Crippen LogP) is 10.4. The molecular weight excluding hydrogens is 701 g/mol. The molecule has 2 aliphatic heterocycles. The molecule has 264 valence electrons. The Balaban J connectivity index is 1.25. The van der Waals surface area contributed by atoms with E-state index in [0.717, 1.165) is 84.1 Å². The lowest BCUT2D eigenvalue weighted by Crippen LogP contribution is -2.57. The van der Waals surface area contributed by atoms with E-state index < -0.39 is 8.07 Å². The van der Waals surface area contributed by atoms with Crippen molar-refractivity contribution in [1.29, 1.82) is 0 Å². The number of imidazole rings is 1. The van der Waals surface area contributed by atoms with E-state index in [1.807, 2.05) is 0 Å². The molecule has 5 heterocycles. The van der Waals surface area contributed by atoms with Crippen LogP contribution in [0, 0.1) is 6.33 Å². The SMILES string of the molecule is C[Si]1(C)c2ccc3cc2-n2[c-][n+](c4cccc1c42)-c1c(-c2ccccc2)cccc1-c1ccccc1-c1cccc(n1)-n1c2ccccc2c2ccc(cc21)O3. The first kappa shape index (κ1) is 31.3. The van der Waals surface area contributed by atoms with Crippen molar-refractivity contribution < 1.29 is 9.30 Å². The van der Waals surface area contributed by atoms with Gasteiger partial charge in [-0.2, -0.15) is 0 Å². The lowest BCUT2D eigenvalue weighted by atomic mass is 9.92. The number of para-hydroxylation sites is 3. The van der Waals surface area contributed by atoms with Gasteiger partial charge in [0.15, 0.2) is 0 Å². The van der Waals surface area contributed by atoms with Crippen molar-refractivity contribution in [3.8, 4) is 62.2 Å². The third-order valence-electron chi connectivity index (χ3n) is 11.9. The predicted molar refractivity (Wildman–Crippen MR) is 229 cm³/mol. The molecule has 0 radical (unpaired) electrons. The normalized spacial score (nSPS) is 13.5. The Morgan fingerprint density at radius 1 is 0.571 bits per heavy atom. The van der Waals surface area contributed by atoms with E-state index in [-0.39, 0.29) is 0 Å². The van der Waals surface area contributed by atoms with Crippen molar-refractivity contribution in [3.05, 3.63) is 176 Å². The summed E-state index contributed by atoms with van der Waals surface area (Å²) < 4.78 is 13.7. The van der Waals surface area contributed by atoms with Crippen molar-refractivity contribution in [2.45, 2.75) is 13.1 Å². The molecule has 0 amide bonds. The number of nitrogens with zero attached hydrogens (tertiary/aromatic N) is 4. The van der Waals surface area contributed by atoms with Gasteiger partial charge in [0.05, 0.1) is 39.1 Å². The topological polar surface area (TPSA) is 35.9 Å².